The van der Waals surface area contributed by atoms with Gasteiger partial charge in [0.2, 0.25) is 0 Å². The first-order valence-corrected chi connectivity index (χ1v) is 13.0. The second-order valence-corrected chi connectivity index (χ2v) is 12.1. The van der Waals surface area contributed by atoms with Crippen molar-refractivity contribution in [3.05, 3.63) is 0 Å². The van der Waals surface area contributed by atoms with Crippen LogP contribution in [0, 0.1) is 23.8 Å². The third kappa shape index (κ3) is 22.2. The molecule has 2 N–H and O–H groups in total. The van der Waals surface area contributed by atoms with Gasteiger partial charge in [0, 0.05) is 12.8 Å². The summed E-state index contributed by atoms with van der Waals surface area (Å²) < 4.78 is 8.97. The highest BCUT2D eigenvalue weighted by molar-refractivity contribution is 6.83. The van der Waals surface area contributed by atoms with Crippen LogP contribution < -0.4 is 0 Å². The van der Waals surface area contributed by atoms with Gasteiger partial charge in [-0.3, -0.25) is 9.59 Å². The van der Waals surface area contributed by atoms with Gasteiger partial charge in [-0.1, -0.05) is 31.5 Å². The fourth-order valence-electron chi connectivity index (χ4n) is 1.87. The highest BCUT2D eigenvalue weighted by atomic mass is 28.3. The van der Waals surface area contributed by atoms with Crippen molar-refractivity contribution in [3.8, 4) is 23.8 Å². The molecule has 7 heteroatoms. The van der Waals surface area contributed by atoms with E-state index in [-0.39, 0.29) is 11.9 Å². The fourth-order valence-corrected chi connectivity index (χ4v) is 2.47. The molecule has 6 nitrogen and oxygen atoms in total. The lowest BCUT2D eigenvalue weighted by molar-refractivity contribution is -0.141. The van der Waals surface area contributed by atoms with E-state index >= 15 is 0 Å². The Morgan fingerprint density at radius 1 is 0.893 bits per heavy atom. The van der Waals surface area contributed by atoms with Gasteiger partial charge in [0.05, 0.1) is 14.2 Å². The van der Waals surface area contributed by atoms with Gasteiger partial charge >= 0.3 is 11.9 Å². The van der Waals surface area contributed by atoms with E-state index in [4.69, 9.17) is 11.5 Å². The quantitative estimate of drug-likeness (QED) is 0.248. The summed E-state index contributed by atoms with van der Waals surface area (Å²) >= 11 is 0. The lowest BCUT2D eigenvalue weighted by atomic mass is 10.1. The molecule has 0 aromatic carbocycles. The minimum absolute atomic E-state index is 0.192. The van der Waals surface area contributed by atoms with Crippen molar-refractivity contribution in [2.45, 2.75) is 83.2 Å². The normalized spacial score (nSPS) is 12.2. The standard InChI is InChI=1S/C12H22O3Si.C9H14O3/c1-15-12(14)8-6-5-7-11(13)9-10-16(2,3)4;1-3-8(10)6-4-5-7-9(11)12-2/h11,13H,5-8H2,1-4H3;1,8,10H,4-7H2,2H3/t11-;8-/m01/s1. The topological polar surface area (TPSA) is 93.1 Å². The van der Waals surface area contributed by atoms with Gasteiger partial charge in [-0.05, 0) is 38.5 Å². The van der Waals surface area contributed by atoms with E-state index in [1.54, 1.807) is 0 Å². The van der Waals surface area contributed by atoms with Crippen molar-refractivity contribution < 1.29 is 29.3 Å². The molecule has 28 heavy (non-hydrogen) atoms. The number of aliphatic hydroxyl groups is 2. The van der Waals surface area contributed by atoms with Crippen molar-refractivity contribution in [3.63, 3.8) is 0 Å². The molecule has 0 radical (unpaired) electrons. The number of ether oxygens (including phenoxy) is 2. The Morgan fingerprint density at radius 3 is 1.68 bits per heavy atom. The minimum Gasteiger partial charge on any atom is -0.469 e. The highest BCUT2D eigenvalue weighted by Crippen LogP contribution is 2.05. The smallest absolute Gasteiger partial charge is 0.305 e. The van der Waals surface area contributed by atoms with Gasteiger partial charge in [-0.15, -0.1) is 12.0 Å². The zero-order valence-corrected chi connectivity index (χ0v) is 18.9. The summed E-state index contributed by atoms with van der Waals surface area (Å²) in [6.45, 7) is 6.43. The number of rotatable bonds is 10. The van der Waals surface area contributed by atoms with Gasteiger partial charge in [0.15, 0.2) is 0 Å². The van der Waals surface area contributed by atoms with Gasteiger partial charge in [-0.25, -0.2) is 0 Å². The van der Waals surface area contributed by atoms with Gasteiger partial charge in [-0.2, -0.15) is 0 Å². The Labute approximate surface area is 171 Å². The Morgan fingerprint density at radius 2 is 1.32 bits per heavy atom. The van der Waals surface area contributed by atoms with Crippen LogP contribution in [0.3, 0.4) is 0 Å². The third-order valence-corrected chi connectivity index (χ3v) is 4.37. The van der Waals surface area contributed by atoms with Crippen molar-refractivity contribution in [1.82, 2.24) is 0 Å². The molecule has 0 amide bonds. The molecule has 0 saturated heterocycles. The van der Waals surface area contributed by atoms with Crippen molar-refractivity contribution >= 4 is 20.0 Å². The van der Waals surface area contributed by atoms with Crippen LogP contribution >= 0.6 is 0 Å². The summed E-state index contributed by atoms with van der Waals surface area (Å²) in [5.74, 6) is 4.67. The molecule has 0 heterocycles. The highest BCUT2D eigenvalue weighted by Gasteiger charge is 2.09. The predicted octanol–water partition coefficient (Wildman–Crippen LogP) is 2.68. The van der Waals surface area contributed by atoms with Crippen LogP contribution in [0.15, 0.2) is 0 Å². The number of methoxy groups -OCH3 is 2. The monoisotopic (exact) mass is 412 g/mol. The molecule has 0 fully saturated rings. The zero-order valence-electron chi connectivity index (χ0n) is 17.9. The van der Waals surface area contributed by atoms with Gasteiger partial charge in [0.1, 0.15) is 20.3 Å². The Kier molecular flexibility index (Phi) is 17.6. The number of carbonyl (C=O) groups excluding carboxylic acids is 2. The average Bonchev–Trinajstić information content (AvgIpc) is 2.66. The lowest BCUT2D eigenvalue weighted by Gasteiger charge is -2.06. The lowest BCUT2D eigenvalue weighted by Crippen LogP contribution is -2.17. The molecule has 0 aliphatic heterocycles. The SMILES string of the molecule is C#C[C@@H](O)CCCCC(=O)OC.COC(=O)CCCC[C@H](O)C#C[Si](C)(C)C. The molecular formula is C21H36O6Si. The first-order valence-electron chi connectivity index (χ1n) is 9.54. The first kappa shape index (κ1) is 28.4. The molecule has 160 valence electrons. The van der Waals surface area contributed by atoms with Crippen LogP contribution in [0.4, 0.5) is 0 Å². The summed E-state index contributed by atoms with van der Waals surface area (Å²) in [7, 11) is 1.36. The summed E-state index contributed by atoms with van der Waals surface area (Å²) in [5.41, 5.74) is 3.13. The number of unbranched alkanes of at least 4 members (excludes halogenated alkanes) is 2. The number of hydrogen-bond donors (Lipinski definition) is 2. The maximum atomic E-state index is 10.8. The summed E-state index contributed by atoms with van der Waals surface area (Å²) in [4.78, 5) is 21.4. The van der Waals surface area contributed by atoms with Crippen molar-refractivity contribution in [2.24, 2.45) is 0 Å². The number of esters is 2. The molecule has 0 bridgehead atoms. The van der Waals surface area contributed by atoms with E-state index in [1.807, 2.05) is 0 Å². The number of aliphatic hydroxyl groups excluding tert-OH is 2. The Hall–Kier alpha value is -1.80. The molecule has 0 rings (SSSR count). The number of hydrogen-bond acceptors (Lipinski definition) is 6. The van der Waals surface area contributed by atoms with Crippen molar-refractivity contribution in [1.29, 1.82) is 0 Å². The maximum absolute atomic E-state index is 10.8. The second-order valence-electron chi connectivity index (χ2n) is 7.36. The summed E-state index contributed by atoms with van der Waals surface area (Å²) in [5, 5.41) is 18.5. The molecule has 0 aromatic rings. The summed E-state index contributed by atoms with van der Waals surface area (Å²) in [6, 6.07) is 0. The van der Waals surface area contributed by atoms with Gasteiger partial charge in [0.25, 0.3) is 0 Å². The van der Waals surface area contributed by atoms with Crippen LogP contribution in [0.1, 0.15) is 51.4 Å². The largest absolute Gasteiger partial charge is 0.469 e. The molecular weight excluding hydrogens is 376 g/mol. The molecule has 0 aliphatic carbocycles. The predicted molar refractivity (Wildman–Crippen MR) is 113 cm³/mol. The zero-order chi connectivity index (χ0) is 22.0. The van der Waals surface area contributed by atoms with E-state index in [2.05, 4.69) is 46.5 Å². The maximum Gasteiger partial charge on any atom is 0.305 e. The second kappa shape index (κ2) is 17.3. The van der Waals surface area contributed by atoms with E-state index < -0.39 is 20.3 Å². The summed E-state index contributed by atoms with van der Waals surface area (Å²) in [6.07, 6.45) is 8.73. The molecule has 0 unspecified atom stereocenters. The average molecular weight is 413 g/mol. The van der Waals surface area contributed by atoms with E-state index in [1.165, 1.54) is 14.2 Å². The minimum atomic E-state index is -1.39. The molecule has 0 spiro atoms. The van der Waals surface area contributed by atoms with Crippen LogP contribution in [0.2, 0.25) is 19.6 Å². The number of carbonyl (C=O) groups is 2. The van der Waals surface area contributed by atoms with Crippen molar-refractivity contribution in [2.75, 3.05) is 14.2 Å². The third-order valence-electron chi connectivity index (χ3n) is 3.48. The molecule has 0 aromatic heterocycles. The Bertz CT molecular complexity index is 536. The Balaban J connectivity index is 0. The van der Waals surface area contributed by atoms with Crippen LogP contribution in [-0.2, 0) is 19.1 Å². The molecule has 0 aliphatic rings. The van der Waals surface area contributed by atoms with E-state index in [0.717, 1.165) is 19.3 Å². The van der Waals surface area contributed by atoms with Crippen LogP contribution in [-0.4, -0.2) is 56.7 Å². The van der Waals surface area contributed by atoms with E-state index in [9.17, 15) is 14.7 Å². The fraction of sp³-hybridized carbons (Fsp3) is 0.714. The van der Waals surface area contributed by atoms with Crippen LogP contribution in [0.5, 0.6) is 0 Å². The molecule has 2 atom stereocenters. The number of terminal acetylenes is 1. The van der Waals surface area contributed by atoms with Crippen LogP contribution in [0.25, 0.3) is 0 Å². The van der Waals surface area contributed by atoms with Gasteiger partial charge < -0.3 is 19.7 Å². The molecule has 0 saturated carbocycles. The first-order chi connectivity index (χ1) is 13.1. The van der Waals surface area contributed by atoms with E-state index in [0.29, 0.717) is 32.1 Å².